The van der Waals surface area contributed by atoms with Gasteiger partial charge in [0.15, 0.2) is 0 Å². The van der Waals surface area contributed by atoms with Crippen LogP contribution in [0.25, 0.3) is 0 Å². The van der Waals surface area contributed by atoms with Gasteiger partial charge in [-0.05, 0) is 13.8 Å². The lowest BCUT2D eigenvalue weighted by Gasteiger charge is -2.12. The van der Waals surface area contributed by atoms with Gasteiger partial charge < -0.3 is 14.6 Å². The third-order valence-corrected chi connectivity index (χ3v) is 2.17. The molecule has 0 spiro atoms. The van der Waals surface area contributed by atoms with Crippen molar-refractivity contribution in [2.45, 2.75) is 26.4 Å². The lowest BCUT2D eigenvalue weighted by molar-refractivity contribution is -0.137. The van der Waals surface area contributed by atoms with Gasteiger partial charge in [0.25, 0.3) is 0 Å². The fraction of sp³-hybridized carbons (Fsp3) is 0.500. The van der Waals surface area contributed by atoms with Crippen molar-refractivity contribution in [3.63, 3.8) is 0 Å². The summed E-state index contributed by atoms with van der Waals surface area (Å²) in [6.45, 7) is 5.78. The molecule has 94 valence electrons. The number of nitrogens with one attached hydrogen (secondary N) is 1. The van der Waals surface area contributed by atoms with Crippen molar-refractivity contribution in [3.8, 4) is 0 Å². The van der Waals surface area contributed by atoms with Gasteiger partial charge in [-0.3, -0.25) is 0 Å². The van der Waals surface area contributed by atoms with Crippen LogP contribution in [0.3, 0.4) is 0 Å². The van der Waals surface area contributed by atoms with Crippen molar-refractivity contribution in [1.82, 2.24) is 14.9 Å². The first-order chi connectivity index (χ1) is 8.22. The largest absolute Gasteiger partial charge is 0.463 e. The first-order valence-corrected chi connectivity index (χ1v) is 5.74. The first kappa shape index (κ1) is 13.4. The highest BCUT2D eigenvalue weighted by Crippen LogP contribution is 1.91. The predicted octanol–water partition coefficient (Wildman–Crippen LogP) is 0.980. The SMILES string of the molecule is CCOC(=O)/C=C/CNC(C)Cn1ccnc1. The van der Waals surface area contributed by atoms with Gasteiger partial charge in [0.05, 0.1) is 12.9 Å². The molecule has 0 saturated heterocycles. The third kappa shape index (κ3) is 5.87. The maximum Gasteiger partial charge on any atom is 0.330 e. The molecule has 0 bridgehead atoms. The van der Waals surface area contributed by atoms with E-state index in [0.717, 1.165) is 6.54 Å². The molecule has 0 aromatic carbocycles. The number of rotatable bonds is 7. The van der Waals surface area contributed by atoms with E-state index in [9.17, 15) is 4.79 Å². The van der Waals surface area contributed by atoms with Crippen LogP contribution in [-0.2, 0) is 16.1 Å². The Morgan fingerprint density at radius 1 is 1.65 bits per heavy atom. The summed E-state index contributed by atoms with van der Waals surface area (Å²) >= 11 is 0. The molecule has 1 atom stereocenters. The molecule has 1 unspecified atom stereocenters. The van der Waals surface area contributed by atoms with E-state index in [-0.39, 0.29) is 5.97 Å². The van der Waals surface area contributed by atoms with E-state index in [1.165, 1.54) is 6.08 Å². The topological polar surface area (TPSA) is 56.1 Å². The molecule has 0 aliphatic heterocycles. The first-order valence-electron chi connectivity index (χ1n) is 5.74. The third-order valence-electron chi connectivity index (χ3n) is 2.17. The molecule has 5 heteroatoms. The minimum Gasteiger partial charge on any atom is -0.463 e. The zero-order valence-electron chi connectivity index (χ0n) is 10.3. The van der Waals surface area contributed by atoms with Crippen LogP contribution in [0, 0.1) is 0 Å². The standard InChI is InChI=1S/C12H19N3O2/c1-3-17-12(16)5-4-6-14-11(2)9-15-8-7-13-10-15/h4-5,7-8,10-11,14H,3,6,9H2,1-2H3/b5-4+. The molecule has 0 saturated carbocycles. The van der Waals surface area contributed by atoms with Crippen molar-refractivity contribution in [3.05, 3.63) is 30.9 Å². The number of aromatic nitrogens is 2. The lowest BCUT2D eigenvalue weighted by Crippen LogP contribution is -2.30. The van der Waals surface area contributed by atoms with Crippen LogP contribution in [0.5, 0.6) is 0 Å². The highest BCUT2D eigenvalue weighted by Gasteiger charge is 2.00. The molecule has 1 aromatic rings. The van der Waals surface area contributed by atoms with Gasteiger partial charge in [0.1, 0.15) is 0 Å². The van der Waals surface area contributed by atoms with Crippen molar-refractivity contribution in [2.24, 2.45) is 0 Å². The predicted molar refractivity (Wildman–Crippen MR) is 65.5 cm³/mol. The number of ether oxygens (including phenoxy) is 1. The van der Waals surface area contributed by atoms with Gasteiger partial charge in [-0.15, -0.1) is 0 Å². The van der Waals surface area contributed by atoms with Gasteiger partial charge in [-0.1, -0.05) is 6.08 Å². The molecule has 0 aliphatic rings. The van der Waals surface area contributed by atoms with Crippen LogP contribution in [-0.4, -0.2) is 34.7 Å². The summed E-state index contributed by atoms with van der Waals surface area (Å²) in [5.74, 6) is -0.295. The van der Waals surface area contributed by atoms with Crippen molar-refractivity contribution < 1.29 is 9.53 Å². The van der Waals surface area contributed by atoms with Gasteiger partial charge in [-0.2, -0.15) is 0 Å². The molecule has 17 heavy (non-hydrogen) atoms. The molecule has 1 heterocycles. The van der Waals surface area contributed by atoms with Gasteiger partial charge in [0.2, 0.25) is 0 Å². The zero-order chi connectivity index (χ0) is 12.5. The second-order valence-corrected chi connectivity index (χ2v) is 3.72. The number of imidazole rings is 1. The summed E-state index contributed by atoms with van der Waals surface area (Å²) in [4.78, 5) is 15.0. The zero-order valence-corrected chi connectivity index (χ0v) is 10.3. The maximum atomic E-state index is 11.0. The Balaban J connectivity index is 2.15. The number of nitrogens with zero attached hydrogens (tertiary/aromatic N) is 2. The Labute approximate surface area is 101 Å². The van der Waals surface area contributed by atoms with Crippen LogP contribution in [0.1, 0.15) is 13.8 Å². The monoisotopic (exact) mass is 237 g/mol. The minimum absolute atomic E-state index is 0.295. The smallest absolute Gasteiger partial charge is 0.330 e. The van der Waals surface area contributed by atoms with E-state index >= 15 is 0 Å². The van der Waals surface area contributed by atoms with Crippen LogP contribution in [0.2, 0.25) is 0 Å². The maximum absolute atomic E-state index is 11.0. The summed E-state index contributed by atoms with van der Waals surface area (Å²) in [7, 11) is 0. The van der Waals surface area contributed by atoms with Gasteiger partial charge >= 0.3 is 5.97 Å². The normalized spacial score (nSPS) is 12.8. The number of carbonyl (C=O) groups excluding carboxylic acids is 1. The van der Waals surface area contributed by atoms with Crippen molar-refractivity contribution >= 4 is 5.97 Å². The summed E-state index contributed by atoms with van der Waals surface area (Å²) in [6, 6.07) is 0.316. The highest BCUT2D eigenvalue weighted by molar-refractivity contribution is 5.81. The van der Waals surface area contributed by atoms with Crippen LogP contribution in [0.4, 0.5) is 0 Å². The van der Waals surface area contributed by atoms with Gasteiger partial charge in [-0.25, -0.2) is 9.78 Å². The Bertz CT molecular complexity index is 347. The molecular weight excluding hydrogens is 218 g/mol. The summed E-state index contributed by atoms with van der Waals surface area (Å²) in [6.07, 6.45) is 8.68. The van der Waals surface area contributed by atoms with Crippen LogP contribution in [0.15, 0.2) is 30.9 Å². The number of hydrogen-bond donors (Lipinski definition) is 1. The molecule has 0 aliphatic carbocycles. The fourth-order valence-corrected chi connectivity index (χ4v) is 1.39. The lowest BCUT2D eigenvalue weighted by atomic mass is 10.3. The average molecular weight is 237 g/mol. The van der Waals surface area contributed by atoms with E-state index in [1.54, 1.807) is 25.5 Å². The average Bonchev–Trinajstić information content (AvgIpc) is 2.77. The highest BCUT2D eigenvalue weighted by atomic mass is 16.5. The Kier molecular flexibility index (Phi) is 6.03. The molecule has 0 amide bonds. The molecule has 0 fully saturated rings. The molecule has 1 rings (SSSR count). The van der Waals surface area contributed by atoms with Crippen LogP contribution >= 0.6 is 0 Å². The summed E-state index contributed by atoms with van der Waals surface area (Å²) in [5.41, 5.74) is 0. The Morgan fingerprint density at radius 3 is 3.12 bits per heavy atom. The summed E-state index contributed by atoms with van der Waals surface area (Å²) in [5, 5.41) is 3.28. The van der Waals surface area contributed by atoms with Crippen molar-refractivity contribution in [2.75, 3.05) is 13.2 Å². The number of carbonyl (C=O) groups is 1. The number of hydrogen-bond acceptors (Lipinski definition) is 4. The molecule has 1 aromatic heterocycles. The Morgan fingerprint density at radius 2 is 2.47 bits per heavy atom. The number of esters is 1. The van der Waals surface area contributed by atoms with Crippen molar-refractivity contribution in [1.29, 1.82) is 0 Å². The quantitative estimate of drug-likeness (QED) is 0.567. The molecule has 1 N–H and O–H groups in total. The minimum atomic E-state index is -0.295. The molecule has 5 nitrogen and oxygen atoms in total. The van der Waals surface area contributed by atoms with Crippen LogP contribution < -0.4 is 5.32 Å². The molecule has 0 radical (unpaired) electrons. The Hall–Kier alpha value is -1.62. The van der Waals surface area contributed by atoms with E-state index in [4.69, 9.17) is 4.74 Å². The van der Waals surface area contributed by atoms with Gasteiger partial charge in [0, 0.05) is 37.6 Å². The fourth-order valence-electron chi connectivity index (χ4n) is 1.39. The second-order valence-electron chi connectivity index (χ2n) is 3.72. The van der Waals surface area contributed by atoms with E-state index in [2.05, 4.69) is 17.2 Å². The summed E-state index contributed by atoms with van der Waals surface area (Å²) < 4.78 is 6.77. The van der Waals surface area contributed by atoms with E-state index in [1.807, 2.05) is 10.8 Å². The molecular formula is C12H19N3O2. The van der Waals surface area contributed by atoms with E-state index < -0.39 is 0 Å². The second kappa shape index (κ2) is 7.62. The van der Waals surface area contributed by atoms with E-state index in [0.29, 0.717) is 19.2 Å².